The molecule has 0 saturated heterocycles. The van der Waals surface area contributed by atoms with E-state index in [0.717, 1.165) is 24.0 Å². The normalized spacial score (nSPS) is 16.8. The number of rotatable bonds is 4. The lowest BCUT2D eigenvalue weighted by Crippen LogP contribution is -2.36. The minimum absolute atomic E-state index is 0.114. The van der Waals surface area contributed by atoms with E-state index in [0.29, 0.717) is 17.5 Å². The number of benzene rings is 1. The predicted molar refractivity (Wildman–Crippen MR) is 90.3 cm³/mol. The van der Waals surface area contributed by atoms with E-state index in [2.05, 4.69) is 5.32 Å². The fourth-order valence-electron chi connectivity index (χ4n) is 2.85. The van der Waals surface area contributed by atoms with Crippen molar-refractivity contribution in [1.82, 2.24) is 5.32 Å². The molecule has 0 spiro atoms. The molecular weight excluding hydrogens is 280 g/mol. The molecule has 0 heterocycles. The summed E-state index contributed by atoms with van der Waals surface area (Å²) in [5, 5.41) is 3.18. The van der Waals surface area contributed by atoms with Gasteiger partial charge >= 0.3 is 0 Å². The fraction of sp³-hybridized carbons (Fsp3) is 0.529. The number of carbonyl (C=O) groups is 1. The first-order valence-electron chi connectivity index (χ1n) is 7.83. The average Bonchev–Trinajstić information content (AvgIpc) is 2.42. The summed E-state index contributed by atoms with van der Waals surface area (Å²) in [4.78, 5) is 12.5. The lowest BCUT2D eigenvalue weighted by atomic mass is 9.96. The lowest BCUT2D eigenvalue weighted by Gasteiger charge is -2.21. The number of hydrogen-bond donors (Lipinski definition) is 2. The van der Waals surface area contributed by atoms with E-state index in [1.807, 2.05) is 24.3 Å². The van der Waals surface area contributed by atoms with Gasteiger partial charge in [-0.1, -0.05) is 68.6 Å². The SMILES string of the molecule is NC(=S)c1ccc(CC(=O)NC2CCCCCCC2)cc1. The van der Waals surface area contributed by atoms with Gasteiger partial charge in [0.1, 0.15) is 4.99 Å². The fourth-order valence-corrected chi connectivity index (χ4v) is 2.99. The van der Waals surface area contributed by atoms with Crippen LogP contribution < -0.4 is 11.1 Å². The molecule has 2 rings (SSSR count). The van der Waals surface area contributed by atoms with Gasteiger partial charge in [-0.25, -0.2) is 0 Å². The summed E-state index contributed by atoms with van der Waals surface area (Å²) in [6, 6.07) is 7.95. The molecule has 0 atom stereocenters. The number of nitrogens with one attached hydrogen (secondary N) is 1. The van der Waals surface area contributed by atoms with Crippen LogP contribution >= 0.6 is 12.2 Å². The molecule has 0 bridgehead atoms. The monoisotopic (exact) mass is 304 g/mol. The Morgan fingerprint density at radius 1 is 1.10 bits per heavy atom. The van der Waals surface area contributed by atoms with Crippen molar-refractivity contribution in [2.24, 2.45) is 5.73 Å². The molecule has 3 nitrogen and oxygen atoms in total. The maximum atomic E-state index is 12.1. The molecule has 1 aliphatic carbocycles. The molecule has 1 aromatic rings. The standard InChI is InChI=1S/C17H24N2OS/c18-17(21)14-10-8-13(9-11-14)12-16(20)19-15-6-4-2-1-3-5-7-15/h8-11,15H,1-7,12H2,(H2,18,21)(H,19,20). The van der Waals surface area contributed by atoms with Gasteiger partial charge in [0.2, 0.25) is 5.91 Å². The van der Waals surface area contributed by atoms with Crippen LogP contribution in [-0.2, 0) is 11.2 Å². The Kier molecular flexibility index (Phi) is 6.18. The molecule has 0 unspecified atom stereocenters. The van der Waals surface area contributed by atoms with Gasteiger partial charge in [0.05, 0.1) is 6.42 Å². The smallest absolute Gasteiger partial charge is 0.224 e. The molecule has 4 heteroatoms. The Bertz CT molecular complexity index is 476. The summed E-state index contributed by atoms with van der Waals surface area (Å²) >= 11 is 4.92. The first-order chi connectivity index (χ1) is 10.1. The topological polar surface area (TPSA) is 55.1 Å². The molecule has 1 amide bonds. The molecule has 0 aliphatic heterocycles. The third-order valence-electron chi connectivity index (χ3n) is 4.07. The van der Waals surface area contributed by atoms with Crippen LogP contribution in [0, 0.1) is 0 Å². The summed E-state index contributed by atoms with van der Waals surface area (Å²) in [5.74, 6) is 0.114. The number of hydrogen-bond acceptors (Lipinski definition) is 2. The van der Waals surface area contributed by atoms with Gasteiger partial charge in [-0.2, -0.15) is 0 Å². The van der Waals surface area contributed by atoms with Crippen molar-refractivity contribution in [2.45, 2.75) is 57.4 Å². The third kappa shape index (κ3) is 5.46. The van der Waals surface area contributed by atoms with Crippen molar-refractivity contribution in [3.63, 3.8) is 0 Å². The van der Waals surface area contributed by atoms with E-state index < -0.39 is 0 Å². The van der Waals surface area contributed by atoms with Crippen molar-refractivity contribution in [3.8, 4) is 0 Å². The number of nitrogens with two attached hydrogens (primary N) is 1. The van der Waals surface area contributed by atoms with Gasteiger partial charge in [0, 0.05) is 11.6 Å². The Morgan fingerprint density at radius 2 is 1.67 bits per heavy atom. The molecule has 1 aliphatic rings. The van der Waals surface area contributed by atoms with Gasteiger partial charge in [0.25, 0.3) is 0 Å². The van der Waals surface area contributed by atoms with Crippen LogP contribution in [0.4, 0.5) is 0 Å². The molecule has 3 N–H and O–H groups in total. The van der Waals surface area contributed by atoms with Gasteiger partial charge in [-0.15, -0.1) is 0 Å². The molecule has 1 aromatic carbocycles. The minimum atomic E-state index is 0.114. The second-order valence-corrected chi connectivity index (χ2v) is 6.29. The molecule has 21 heavy (non-hydrogen) atoms. The highest BCUT2D eigenvalue weighted by Gasteiger charge is 2.14. The zero-order valence-corrected chi connectivity index (χ0v) is 13.3. The summed E-state index contributed by atoms with van der Waals surface area (Å²) < 4.78 is 0. The van der Waals surface area contributed by atoms with Gasteiger partial charge in [-0.05, 0) is 18.4 Å². The first kappa shape index (κ1) is 16.0. The van der Waals surface area contributed by atoms with E-state index in [4.69, 9.17) is 18.0 Å². The highest BCUT2D eigenvalue weighted by Crippen LogP contribution is 2.17. The van der Waals surface area contributed by atoms with Crippen LogP contribution in [0.15, 0.2) is 24.3 Å². The molecule has 0 aromatic heterocycles. The molecule has 0 radical (unpaired) electrons. The zero-order chi connectivity index (χ0) is 15.1. The van der Waals surface area contributed by atoms with Crippen molar-refractivity contribution in [2.75, 3.05) is 0 Å². The van der Waals surface area contributed by atoms with Crippen molar-refractivity contribution in [3.05, 3.63) is 35.4 Å². The van der Waals surface area contributed by atoms with E-state index in [9.17, 15) is 4.79 Å². The first-order valence-corrected chi connectivity index (χ1v) is 8.24. The van der Waals surface area contributed by atoms with Crippen LogP contribution in [0.2, 0.25) is 0 Å². The van der Waals surface area contributed by atoms with Crippen LogP contribution in [0.3, 0.4) is 0 Å². The molecule has 114 valence electrons. The van der Waals surface area contributed by atoms with Crippen LogP contribution in [0.5, 0.6) is 0 Å². The van der Waals surface area contributed by atoms with E-state index >= 15 is 0 Å². The van der Waals surface area contributed by atoms with Gasteiger partial charge in [-0.3, -0.25) is 4.79 Å². The van der Waals surface area contributed by atoms with Crippen LogP contribution in [0.25, 0.3) is 0 Å². The summed E-state index contributed by atoms with van der Waals surface area (Å²) in [6.07, 6.45) is 9.06. The highest BCUT2D eigenvalue weighted by molar-refractivity contribution is 7.80. The van der Waals surface area contributed by atoms with Crippen molar-refractivity contribution < 1.29 is 4.79 Å². The van der Waals surface area contributed by atoms with Crippen molar-refractivity contribution in [1.29, 1.82) is 0 Å². The van der Waals surface area contributed by atoms with E-state index in [1.165, 1.54) is 32.1 Å². The Morgan fingerprint density at radius 3 is 2.24 bits per heavy atom. The number of carbonyl (C=O) groups excluding carboxylic acids is 1. The summed E-state index contributed by atoms with van der Waals surface area (Å²) in [7, 11) is 0. The minimum Gasteiger partial charge on any atom is -0.389 e. The van der Waals surface area contributed by atoms with E-state index in [-0.39, 0.29) is 5.91 Å². The van der Waals surface area contributed by atoms with Gasteiger partial charge < -0.3 is 11.1 Å². The maximum absolute atomic E-state index is 12.1. The van der Waals surface area contributed by atoms with Gasteiger partial charge in [0.15, 0.2) is 0 Å². The van der Waals surface area contributed by atoms with Crippen LogP contribution in [0.1, 0.15) is 56.1 Å². The second-order valence-electron chi connectivity index (χ2n) is 5.85. The quantitative estimate of drug-likeness (QED) is 0.841. The Hall–Kier alpha value is -1.42. The number of thiocarbonyl (C=S) groups is 1. The summed E-state index contributed by atoms with van der Waals surface area (Å²) in [6.45, 7) is 0. The molecule has 1 fully saturated rings. The molecular formula is C17H24N2OS. The number of amides is 1. The molecule has 1 saturated carbocycles. The Labute approximate surface area is 132 Å². The second kappa shape index (κ2) is 8.13. The zero-order valence-electron chi connectivity index (χ0n) is 12.4. The Balaban J connectivity index is 1.84. The van der Waals surface area contributed by atoms with Crippen molar-refractivity contribution >= 4 is 23.1 Å². The predicted octanol–water partition coefficient (Wildman–Crippen LogP) is 3.09. The van der Waals surface area contributed by atoms with E-state index in [1.54, 1.807) is 0 Å². The highest BCUT2D eigenvalue weighted by atomic mass is 32.1. The van der Waals surface area contributed by atoms with Crippen LogP contribution in [-0.4, -0.2) is 16.9 Å². The lowest BCUT2D eigenvalue weighted by molar-refractivity contribution is -0.121. The third-order valence-corrected chi connectivity index (χ3v) is 4.31. The largest absolute Gasteiger partial charge is 0.389 e. The average molecular weight is 304 g/mol. The maximum Gasteiger partial charge on any atom is 0.224 e. The summed E-state index contributed by atoms with van der Waals surface area (Å²) in [5.41, 5.74) is 7.41.